The number of halogens is 3. The molecule has 1 aromatic carbocycles. The molecule has 0 aliphatic rings. The summed E-state index contributed by atoms with van der Waals surface area (Å²) in [5.41, 5.74) is -1.03. The number of rotatable bonds is 6. The van der Waals surface area contributed by atoms with Gasteiger partial charge in [-0.25, -0.2) is 9.78 Å². The van der Waals surface area contributed by atoms with E-state index >= 15 is 0 Å². The summed E-state index contributed by atoms with van der Waals surface area (Å²) < 4.78 is 53.5. The number of carbonyl (C=O) groups is 1. The second kappa shape index (κ2) is 8.55. The Morgan fingerprint density at radius 2 is 1.93 bits per heavy atom. The molecule has 2 rings (SSSR count). The molecule has 0 N–H and O–H groups in total. The molecule has 2 aromatic rings. The van der Waals surface area contributed by atoms with Gasteiger partial charge < -0.3 is 14.2 Å². The van der Waals surface area contributed by atoms with E-state index < -0.39 is 34.8 Å². The molecule has 0 unspecified atom stereocenters. The number of nitrogens with zero attached hydrogens (tertiary/aromatic N) is 2. The van der Waals surface area contributed by atoms with E-state index in [1.165, 1.54) is 25.3 Å². The van der Waals surface area contributed by atoms with Crippen molar-refractivity contribution in [2.24, 2.45) is 0 Å². The molecule has 11 heteroatoms. The topological polar surface area (TPSA) is 101 Å². The third kappa shape index (κ3) is 5.56. The molecule has 0 radical (unpaired) electrons. The molecule has 8 nitrogen and oxygen atoms in total. The summed E-state index contributed by atoms with van der Waals surface area (Å²) in [7, 11) is 1.08. The molecule has 0 amide bonds. The van der Waals surface area contributed by atoms with Crippen molar-refractivity contribution < 1.29 is 37.1 Å². The van der Waals surface area contributed by atoms with Crippen LogP contribution in [0.4, 0.5) is 23.7 Å². The quantitative estimate of drug-likeness (QED) is 0.310. The van der Waals surface area contributed by atoms with Gasteiger partial charge in [-0.1, -0.05) is 0 Å². The number of carbonyl (C=O) groups excluding carboxylic acids is 1. The van der Waals surface area contributed by atoms with E-state index in [2.05, 4.69) is 9.72 Å². The lowest BCUT2D eigenvalue weighted by molar-refractivity contribution is -0.384. The average Bonchev–Trinajstić information content (AvgIpc) is 2.61. The van der Waals surface area contributed by atoms with Crippen LogP contribution >= 0.6 is 0 Å². The van der Waals surface area contributed by atoms with Crippen LogP contribution in [0.2, 0.25) is 0 Å². The number of methoxy groups -OCH3 is 1. The van der Waals surface area contributed by atoms with Crippen LogP contribution in [0.15, 0.2) is 36.5 Å². The highest BCUT2D eigenvalue weighted by molar-refractivity contribution is 5.64. The minimum atomic E-state index is -4.65. The van der Waals surface area contributed by atoms with Crippen molar-refractivity contribution in [1.82, 2.24) is 4.98 Å². The molecule has 150 valence electrons. The highest BCUT2D eigenvalue weighted by atomic mass is 19.4. The van der Waals surface area contributed by atoms with Crippen LogP contribution in [0.1, 0.15) is 18.1 Å². The molecule has 1 heterocycles. The SMILES string of the molecule is COc1ncc(C[C@H](C)OC(=O)Oc2ccc([N+](=O)[O-])cc2)cc1C(F)(F)F. The van der Waals surface area contributed by atoms with Gasteiger partial charge in [-0.3, -0.25) is 10.1 Å². The van der Waals surface area contributed by atoms with E-state index in [1.54, 1.807) is 0 Å². The summed E-state index contributed by atoms with van der Waals surface area (Å²) in [6, 6.07) is 5.59. The van der Waals surface area contributed by atoms with Gasteiger partial charge in [0.05, 0.1) is 12.0 Å². The van der Waals surface area contributed by atoms with E-state index in [0.29, 0.717) is 0 Å². The number of pyridine rings is 1. The van der Waals surface area contributed by atoms with E-state index in [1.807, 2.05) is 0 Å². The zero-order chi connectivity index (χ0) is 20.9. The fourth-order valence-corrected chi connectivity index (χ4v) is 2.27. The third-order valence-corrected chi connectivity index (χ3v) is 3.48. The van der Waals surface area contributed by atoms with E-state index in [9.17, 15) is 28.1 Å². The van der Waals surface area contributed by atoms with E-state index in [0.717, 1.165) is 25.3 Å². The Kier molecular flexibility index (Phi) is 6.39. The van der Waals surface area contributed by atoms with Gasteiger partial charge in [-0.2, -0.15) is 13.2 Å². The van der Waals surface area contributed by atoms with Gasteiger partial charge in [0.1, 0.15) is 17.4 Å². The summed E-state index contributed by atoms with van der Waals surface area (Å²) in [5.74, 6) is -0.532. The second-order valence-electron chi connectivity index (χ2n) is 5.63. The molecule has 0 aliphatic carbocycles. The first-order valence-corrected chi connectivity index (χ1v) is 7.83. The Morgan fingerprint density at radius 3 is 2.46 bits per heavy atom. The van der Waals surface area contributed by atoms with Crippen molar-refractivity contribution in [3.8, 4) is 11.6 Å². The Bertz CT molecular complexity index is 855. The Balaban J connectivity index is 1.98. The number of hydrogen-bond acceptors (Lipinski definition) is 7. The minimum Gasteiger partial charge on any atom is -0.481 e. The average molecular weight is 400 g/mol. The zero-order valence-corrected chi connectivity index (χ0v) is 14.7. The lowest BCUT2D eigenvalue weighted by atomic mass is 10.1. The molecule has 0 aliphatic heterocycles. The number of hydrogen-bond donors (Lipinski definition) is 0. The monoisotopic (exact) mass is 400 g/mol. The number of nitro groups is 1. The largest absolute Gasteiger partial charge is 0.514 e. The maximum absolute atomic E-state index is 13.0. The van der Waals surface area contributed by atoms with E-state index in [-0.39, 0.29) is 23.4 Å². The molecule has 0 saturated carbocycles. The van der Waals surface area contributed by atoms with Crippen molar-refractivity contribution in [2.75, 3.05) is 7.11 Å². The standard InChI is InChI=1S/C17H15F3N2O6/c1-10(7-11-8-14(17(18,19)20)15(26-2)21-9-11)27-16(23)28-13-5-3-12(4-6-13)22(24)25/h3-6,8-10H,7H2,1-2H3/t10-/m0/s1. The van der Waals surface area contributed by atoms with Gasteiger partial charge in [-0.15, -0.1) is 0 Å². The maximum Gasteiger partial charge on any atom is 0.514 e. The molecular formula is C17H15F3N2O6. The van der Waals surface area contributed by atoms with Crippen molar-refractivity contribution >= 4 is 11.8 Å². The first-order chi connectivity index (χ1) is 13.1. The van der Waals surface area contributed by atoms with Crippen molar-refractivity contribution in [3.63, 3.8) is 0 Å². The van der Waals surface area contributed by atoms with Crippen LogP contribution in [-0.4, -0.2) is 29.3 Å². The smallest absolute Gasteiger partial charge is 0.481 e. The highest BCUT2D eigenvalue weighted by Gasteiger charge is 2.35. The summed E-state index contributed by atoms with van der Waals surface area (Å²) in [6.45, 7) is 1.47. The number of non-ortho nitro benzene ring substituents is 1. The Hall–Kier alpha value is -3.37. The van der Waals surface area contributed by atoms with Crippen LogP contribution < -0.4 is 9.47 Å². The number of ether oxygens (including phenoxy) is 3. The summed E-state index contributed by atoms with van der Waals surface area (Å²) in [5, 5.41) is 10.6. The van der Waals surface area contributed by atoms with Crippen molar-refractivity contribution in [3.05, 3.63) is 57.8 Å². The van der Waals surface area contributed by atoms with Gasteiger partial charge in [-0.05, 0) is 30.7 Å². The van der Waals surface area contributed by atoms with Crippen LogP contribution in [-0.2, 0) is 17.3 Å². The number of aromatic nitrogens is 1. The predicted octanol–water partition coefficient (Wildman–Crippen LogP) is 4.16. The molecule has 0 fully saturated rings. The van der Waals surface area contributed by atoms with Gasteiger partial charge in [0, 0.05) is 24.8 Å². The molecule has 1 aromatic heterocycles. The Labute approximate surface area is 157 Å². The minimum absolute atomic E-state index is 0.0215. The first kappa shape index (κ1) is 20.9. The number of alkyl halides is 3. The fraction of sp³-hybridized carbons (Fsp3) is 0.294. The molecule has 28 heavy (non-hydrogen) atoms. The van der Waals surface area contributed by atoms with Gasteiger partial charge >= 0.3 is 12.3 Å². The Morgan fingerprint density at radius 1 is 1.29 bits per heavy atom. The molecule has 0 spiro atoms. The van der Waals surface area contributed by atoms with Crippen LogP contribution in [0.3, 0.4) is 0 Å². The number of nitro benzene ring substituents is 1. The first-order valence-electron chi connectivity index (χ1n) is 7.83. The molecule has 0 bridgehead atoms. The van der Waals surface area contributed by atoms with Gasteiger partial charge in [0.25, 0.3) is 5.69 Å². The summed E-state index contributed by atoms with van der Waals surface area (Å²) in [4.78, 5) is 25.3. The predicted molar refractivity (Wildman–Crippen MR) is 89.2 cm³/mol. The highest BCUT2D eigenvalue weighted by Crippen LogP contribution is 2.35. The molecule has 1 atom stereocenters. The maximum atomic E-state index is 13.0. The lowest BCUT2D eigenvalue weighted by Gasteiger charge is -2.15. The van der Waals surface area contributed by atoms with Gasteiger partial charge in [0.2, 0.25) is 5.88 Å². The second-order valence-corrected chi connectivity index (χ2v) is 5.63. The van der Waals surface area contributed by atoms with Gasteiger partial charge in [0.15, 0.2) is 0 Å². The normalized spacial score (nSPS) is 12.2. The van der Waals surface area contributed by atoms with Crippen LogP contribution in [0, 0.1) is 10.1 Å². The third-order valence-electron chi connectivity index (χ3n) is 3.48. The molecule has 0 saturated heterocycles. The van der Waals surface area contributed by atoms with Crippen LogP contribution in [0.5, 0.6) is 11.6 Å². The fourth-order valence-electron chi connectivity index (χ4n) is 2.27. The van der Waals surface area contributed by atoms with E-state index in [4.69, 9.17) is 9.47 Å². The van der Waals surface area contributed by atoms with Crippen LogP contribution in [0.25, 0.3) is 0 Å². The molecular weight excluding hydrogens is 385 g/mol. The lowest BCUT2D eigenvalue weighted by Crippen LogP contribution is -2.20. The summed E-state index contributed by atoms with van der Waals surface area (Å²) >= 11 is 0. The summed E-state index contributed by atoms with van der Waals surface area (Å²) in [6.07, 6.45) is -5.42. The zero-order valence-electron chi connectivity index (χ0n) is 14.7. The number of benzene rings is 1. The van der Waals surface area contributed by atoms with Crippen molar-refractivity contribution in [1.29, 1.82) is 0 Å². The van der Waals surface area contributed by atoms with Crippen molar-refractivity contribution in [2.45, 2.75) is 25.6 Å².